The predicted octanol–water partition coefficient (Wildman–Crippen LogP) is 3.83. The Kier molecular flexibility index (Phi) is 6.27. The number of pyridine rings is 1. The topological polar surface area (TPSA) is 119 Å². The fourth-order valence-corrected chi connectivity index (χ4v) is 3.83. The van der Waals surface area contributed by atoms with Crippen molar-refractivity contribution in [1.29, 1.82) is 0 Å². The average molecular weight is 459 g/mol. The Hall–Kier alpha value is -4.31. The Morgan fingerprint density at radius 2 is 1.85 bits per heavy atom. The zero-order chi connectivity index (χ0) is 23.4. The fraction of sp³-hybridized carbons (Fsp3) is 0.0435. The maximum absolute atomic E-state index is 13.1. The summed E-state index contributed by atoms with van der Waals surface area (Å²) in [7, 11) is 0. The van der Waals surface area contributed by atoms with E-state index in [1.54, 1.807) is 24.4 Å². The monoisotopic (exact) mass is 459 g/mol. The predicted molar refractivity (Wildman–Crippen MR) is 125 cm³/mol. The van der Waals surface area contributed by atoms with Gasteiger partial charge in [-0.05, 0) is 43.3 Å². The van der Waals surface area contributed by atoms with E-state index in [2.05, 4.69) is 15.5 Å². The molecule has 0 atom stereocenters. The number of non-ortho nitro benzene ring substituents is 1. The van der Waals surface area contributed by atoms with Crippen LogP contribution in [0.5, 0.6) is 0 Å². The molecule has 0 saturated heterocycles. The molecule has 0 unspecified atom stereocenters. The van der Waals surface area contributed by atoms with Gasteiger partial charge in [-0.15, -0.1) is 0 Å². The van der Waals surface area contributed by atoms with E-state index in [0.29, 0.717) is 10.7 Å². The van der Waals surface area contributed by atoms with Crippen LogP contribution in [0.25, 0.3) is 5.65 Å². The molecule has 0 aliphatic carbocycles. The smallest absolute Gasteiger partial charge is 0.268 e. The Balaban J connectivity index is 1.63. The SMILES string of the molecule is Cc1ccc(Sc2nc3ccccn3c(=O)c2/C=N/NC(=O)c2ccc([N+](=O)[O-])cc2)cc1. The van der Waals surface area contributed by atoms with E-state index in [1.165, 1.54) is 46.6 Å². The molecule has 4 aromatic rings. The molecule has 10 heteroatoms. The van der Waals surface area contributed by atoms with Gasteiger partial charge in [0.15, 0.2) is 0 Å². The van der Waals surface area contributed by atoms with Gasteiger partial charge in [0.1, 0.15) is 10.7 Å². The number of aryl methyl sites for hydroxylation is 1. The van der Waals surface area contributed by atoms with Crippen molar-refractivity contribution in [1.82, 2.24) is 14.8 Å². The fourth-order valence-electron chi connectivity index (χ4n) is 2.94. The lowest BCUT2D eigenvalue weighted by atomic mass is 10.2. The minimum atomic E-state index is -0.567. The number of nitro groups is 1. The molecule has 9 nitrogen and oxygen atoms in total. The van der Waals surface area contributed by atoms with E-state index in [9.17, 15) is 19.7 Å². The average Bonchev–Trinajstić information content (AvgIpc) is 2.82. The summed E-state index contributed by atoms with van der Waals surface area (Å²) in [5.74, 6) is -0.567. The first kappa shape index (κ1) is 21.9. The Morgan fingerprint density at radius 3 is 2.55 bits per heavy atom. The van der Waals surface area contributed by atoms with E-state index in [4.69, 9.17) is 0 Å². The second-order valence-electron chi connectivity index (χ2n) is 6.98. The molecule has 0 radical (unpaired) electrons. The van der Waals surface area contributed by atoms with E-state index in [-0.39, 0.29) is 22.4 Å². The molecule has 2 heterocycles. The minimum Gasteiger partial charge on any atom is -0.268 e. The molecular weight excluding hydrogens is 442 g/mol. The van der Waals surface area contributed by atoms with Gasteiger partial charge >= 0.3 is 0 Å². The normalized spacial score (nSPS) is 11.1. The number of rotatable bonds is 6. The summed E-state index contributed by atoms with van der Waals surface area (Å²) in [5, 5.41) is 15.1. The number of carbonyl (C=O) groups excluding carboxylic acids is 1. The van der Waals surface area contributed by atoms with Gasteiger partial charge in [0.2, 0.25) is 0 Å². The first-order valence-electron chi connectivity index (χ1n) is 9.76. The third kappa shape index (κ3) is 4.96. The quantitative estimate of drug-likeness (QED) is 0.203. The summed E-state index contributed by atoms with van der Waals surface area (Å²) in [4.78, 5) is 41.1. The van der Waals surface area contributed by atoms with E-state index < -0.39 is 10.8 Å². The number of fused-ring (bicyclic) bond motifs is 1. The summed E-state index contributed by atoms with van der Waals surface area (Å²) in [5.41, 5.74) is 3.91. The highest BCUT2D eigenvalue weighted by Gasteiger charge is 2.13. The van der Waals surface area contributed by atoms with Crippen LogP contribution in [0.15, 0.2) is 92.7 Å². The second-order valence-corrected chi connectivity index (χ2v) is 8.05. The molecule has 0 fully saturated rings. The number of hydrogen-bond donors (Lipinski definition) is 1. The molecule has 1 amide bonds. The van der Waals surface area contributed by atoms with Crippen LogP contribution < -0.4 is 11.0 Å². The van der Waals surface area contributed by atoms with Crippen molar-refractivity contribution in [3.05, 3.63) is 110 Å². The molecule has 2 aromatic carbocycles. The van der Waals surface area contributed by atoms with Crippen molar-refractivity contribution in [3.63, 3.8) is 0 Å². The third-order valence-electron chi connectivity index (χ3n) is 4.67. The molecule has 4 rings (SSSR count). The molecule has 0 saturated carbocycles. The van der Waals surface area contributed by atoms with Crippen LogP contribution in [-0.4, -0.2) is 26.4 Å². The minimum absolute atomic E-state index is 0.122. The first-order chi connectivity index (χ1) is 15.9. The largest absolute Gasteiger partial charge is 0.271 e. The Morgan fingerprint density at radius 1 is 1.12 bits per heavy atom. The highest BCUT2D eigenvalue weighted by molar-refractivity contribution is 7.99. The van der Waals surface area contributed by atoms with Gasteiger partial charge in [0.25, 0.3) is 17.2 Å². The third-order valence-corrected chi connectivity index (χ3v) is 5.68. The van der Waals surface area contributed by atoms with Gasteiger partial charge in [0, 0.05) is 28.8 Å². The first-order valence-corrected chi connectivity index (χ1v) is 10.6. The molecule has 164 valence electrons. The molecule has 33 heavy (non-hydrogen) atoms. The van der Waals surface area contributed by atoms with Gasteiger partial charge in [-0.2, -0.15) is 5.10 Å². The van der Waals surface area contributed by atoms with Crippen molar-refractivity contribution >= 4 is 35.2 Å². The maximum Gasteiger partial charge on any atom is 0.271 e. The zero-order valence-corrected chi connectivity index (χ0v) is 18.2. The number of nitrogens with one attached hydrogen (secondary N) is 1. The van der Waals surface area contributed by atoms with Gasteiger partial charge in [0.05, 0.1) is 16.7 Å². The summed E-state index contributed by atoms with van der Waals surface area (Å²) in [6.45, 7) is 1.99. The number of benzene rings is 2. The van der Waals surface area contributed by atoms with E-state index in [1.807, 2.05) is 31.2 Å². The lowest BCUT2D eigenvalue weighted by Crippen LogP contribution is -2.22. The summed E-state index contributed by atoms with van der Waals surface area (Å²) >= 11 is 1.32. The highest BCUT2D eigenvalue weighted by atomic mass is 32.2. The number of hydrogen-bond acceptors (Lipinski definition) is 7. The summed E-state index contributed by atoms with van der Waals surface area (Å²) in [6.07, 6.45) is 2.87. The molecule has 0 spiro atoms. The van der Waals surface area contributed by atoms with Crippen LogP contribution >= 0.6 is 11.8 Å². The van der Waals surface area contributed by atoms with Crippen molar-refractivity contribution < 1.29 is 9.72 Å². The van der Waals surface area contributed by atoms with Crippen LogP contribution in [0.3, 0.4) is 0 Å². The molecule has 0 aliphatic rings. The van der Waals surface area contributed by atoms with Gasteiger partial charge in [-0.1, -0.05) is 35.5 Å². The summed E-state index contributed by atoms with van der Waals surface area (Å²) < 4.78 is 1.40. The summed E-state index contributed by atoms with van der Waals surface area (Å²) in [6, 6.07) is 18.2. The second kappa shape index (κ2) is 9.45. The maximum atomic E-state index is 13.1. The van der Waals surface area contributed by atoms with Crippen molar-refractivity contribution in [2.24, 2.45) is 5.10 Å². The Bertz CT molecular complexity index is 1430. The Labute approximate surface area is 192 Å². The van der Waals surface area contributed by atoms with Crippen molar-refractivity contribution in [2.75, 3.05) is 0 Å². The molecule has 0 aliphatic heterocycles. The number of aromatic nitrogens is 2. The van der Waals surface area contributed by atoms with Crippen molar-refractivity contribution in [3.8, 4) is 0 Å². The standard InChI is InChI=1S/C23H17N5O4S/c1-15-5-11-18(12-6-15)33-22-19(23(30)27-13-3-2-4-20(27)25-22)14-24-26-21(29)16-7-9-17(10-8-16)28(31)32/h2-14H,1H3,(H,26,29)/b24-14+. The van der Waals surface area contributed by atoms with Gasteiger partial charge in [-0.3, -0.25) is 24.1 Å². The van der Waals surface area contributed by atoms with Gasteiger partial charge in [-0.25, -0.2) is 10.4 Å². The lowest BCUT2D eigenvalue weighted by molar-refractivity contribution is -0.384. The van der Waals surface area contributed by atoms with Crippen molar-refractivity contribution in [2.45, 2.75) is 16.8 Å². The van der Waals surface area contributed by atoms with Crippen LogP contribution in [0.4, 0.5) is 5.69 Å². The lowest BCUT2D eigenvalue weighted by Gasteiger charge is -2.08. The van der Waals surface area contributed by atoms with Crippen LogP contribution in [0.1, 0.15) is 21.5 Å². The zero-order valence-electron chi connectivity index (χ0n) is 17.3. The molecule has 0 bridgehead atoms. The number of hydrazone groups is 1. The van der Waals surface area contributed by atoms with Crippen LogP contribution in [0.2, 0.25) is 0 Å². The molecule has 1 N–H and O–H groups in total. The van der Waals surface area contributed by atoms with Crippen LogP contribution in [-0.2, 0) is 0 Å². The number of carbonyl (C=O) groups is 1. The highest BCUT2D eigenvalue weighted by Crippen LogP contribution is 2.27. The number of amides is 1. The number of nitro benzene ring substituents is 1. The van der Waals surface area contributed by atoms with E-state index >= 15 is 0 Å². The molecular formula is C23H17N5O4S. The number of nitrogens with zero attached hydrogens (tertiary/aromatic N) is 4. The molecule has 2 aromatic heterocycles. The van der Waals surface area contributed by atoms with E-state index in [0.717, 1.165) is 10.5 Å². The van der Waals surface area contributed by atoms with Crippen LogP contribution in [0, 0.1) is 17.0 Å². The van der Waals surface area contributed by atoms with Gasteiger partial charge < -0.3 is 0 Å².